The van der Waals surface area contributed by atoms with Crippen LogP contribution in [0.4, 0.5) is 5.82 Å². The molecule has 0 radical (unpaired) electrons. The van der Waals surface area contributed by atoms with Gasteiger partial charge in [0.1, 0.15) is 5.82 Å². The Hall–Kier alpha value is -2.27. The summed E-state index contributed by atoms with van der Waals surface area (Å²) >= 11 is 6.08. The van der Waals surface area contributed by atoms with Gasteiger partial charge in [0.15, 0.2) is 0 Å². The number of nitrogens with zero attached hydrogens (tertiary/aromatic N) is 1. The lowest BCUT2D eigenvalue weighted by Crippen LogP contribution is -2.19. The Labute approximate surface area is 138 Å². The summed E-state index contributed by atoms with van der Waals surface area (Å²) in [6, 6.07) is 5.97. The number of aromatic amines is 1. The molecule has 3 aromatic rings. The van der Waals surface area contributed by atoms with E-state index in [2.05, 4.69) is 22.2 Å². The maximum atomic E-state index is 11.7. The monoisotopic (exact) mass is 328 g/mol. The summed E-state index contributed by atoms with van der Waals surface area (Å²) in [5.41, 5.74) is 7.45. The summed E-state index contributed by atoms with van der Waals surface area (Å²) < 4.78 is 0. The molecule has 1 saturated carbocycles. The van der Waals surface area contributed by atoms with Crippen molar-refractivity contribution in [1.29, 1.82) is 0 Å². The number of pyridine rings is 1. The zero-order valence-electron chi connectivity index (χ0n) is 12.7. The number of carbonyl (C=O) groups excluding carboxylic acids is 1. The molecule has 1 aliphatic carbocycles. The van der Waals surface area contributed by atoms with E-state index in [4.69, 9.17) is 17.3 Å². The Morgan fingerprint density at radius 3 is 2.96 bits per heavy atom. The number of nitrogens with two attached hydrogens (primary N) is 1. The number of hydrogen-bond acceptors (Lipinski definition) is 3. The smallest absolute Gasteiger partial charge is 0.252 e. The van der Waals surface area contributed by atoms with Gasteiger partial charge in [-0.15, -0.1) is 0 Å². The van der Waals surface area contributed by atoms with Gasteiger partial charge < -0.3 is 16.0 Å². The Bertz CT molecular complexity index is 929. The molecule has 2 aromatic heterocycles. The third-order valence-electron chi connectivity index (χ3n) is 4.55. The summed E-state index contributed by atoms with van der Waals surface area (Å²) in [6.07, 6.45) is 4.03. The van der Waals surface area contributed by atoms with Gasteiger partial charge in [0.25, 0.3) is 5.91 Å². The maximum absolute atomic E-state index is 11.7. The van der Waals surface area contributed by atoms with Crippen LogP contribution in [0.2, 0.25) is 5.02 Å². The number of amides is 1. The average Bonchev–Trinajstić information content (AvgIpc) is 3.28. The number of halogens is 1. The SMILES string of the molecule is CC(Nc1ncc(C(N)=O)c2[nH]c3cc(Cl)ccc3c12)C1CC1. The van der Waals surface area contributed by atoms with Crippen molar-refractivity contribution in [1.82, 2.24) is 9.97 Å². The fourth-order valence-corrected chi connectivity index (χ4v) is 3.27. The molecule has 0 spiro atoms. The summed E-state index contributed by atoms with van der Waals surface area (Å²) in [7, 11) is 0. The van der Waals surface area contributed by atoms with Crippen molar-refractivity contribution in [3.8, 4) is 0 Å². The second-order valence-corrected chi connectivity index (χ2v) is 6.66. The number of H-pyrrole nitrogens is 1. The highest BCUT2D eigenvalue weighted by Gasteiger charge is 2.29. The van der Waals surface area contributed by atoms with Gasteiger partial charge in [-0.2, -0.15) is 0 Å². The Kier molecular flexibility index (Phi) is 3.20. The molecule has 5 nitrogen and oxygen atoms in total. The van der Waals surface area contributed by atoms with Gasteiger partial charge in [-0.05, 0) is 37.8 Å². The number of aromatic nitrogens is 2. The van der Waals surface area contributed by atoms with Crippen LogP contribution in [-0.2, 0) is 0 Å². The molecule has 1 amide bonds. The fourth-order valence-electron chi connectivity index (χ4n) is 3.10. The summed E-state index contributed by atoms with van der Waals surface area (Å²) in [5, 5.41) is 5.99. The number of nitrogens with one attached hydrogen (secondary N) is 2. The topological polar surface area (TPSA) is 83.8 Å². The molecule has 1 aliphatic rings. The number of primary amides is 1. The zero-order chi connectivity index (χ0) is 16.1. The van der Waals surface area contributed by atoms with Gasteiger partial charge in [0.2, 0.25) is 0 Å². The molecule has 1 unspecified atom stereocenters. The quantitative estimate of drug-likeness (QED) is 0.683. The average molecular weight is 329 g/mol. The lowest BCUT2D eigenvalue weighted by Gasteiger charge is -2.15. The molecule has 23 heavy (non-hydrogen) atoms. The van der Waals surface area contributed by atoms with Gasteiger partial charge in [0.05, 0.1) is 16.5 Å². The summed E-state index contributed by atoms with van der Waals surface area (Å²) in [5.74, 6) is 0.974. The van der Waals surface area contributed by atoms with Crippen molar-refractivity contribution in [2.24, 2.45) is 11.7 Å². The van der Waals surface area contributed by atoms with Crippen LogP contribution < -0.4 is 11.1 Å². The summed E-state index contributed by atoms with van der Waals surface area (Å²) in [6.45, 7) is 2.17. The fraction of sp³-hybridized carbons (Fsp3) is 0.294. The molecule has 6 heteroatoms. The first kappa shape index (κ1) is 14.3. The minimum atomic E-state index is -0.498. The van der Waals surface area contributed by atoms with E-state index in [1.165, 1.54) is 19.0 Å². The van der Waals surface area contributed by atoms with Crippen molar-refractivity contribution < 1.29 is 4.79 Å². The highest BCUT2D eigenvalue weighted by molar-refractivity contribution is 6.32. The first-order valence-corrected chi connectivity index (χ1v) is 8.08. The third-order valence-corrected chi connectivity index (χ3v) is 4.78. The van der Waals surface area contributed by atoms with E-state index in [9.17, 15) is 4.79 Å². The van der Waals surface area contributed by atoms with Crippen LogP contribution in [0.1, 0.15) is 30.1 Å². The number of anilines is 1. The molecule has 118 valence electrons. The zero-order valence-corrected chi connectivity index (χ0v) is 13.4. The van der Waals surface area contributed by atoms with E-state index >= 15 is 0 Å². The van der Waals surface area contributed by atoms with Gasteiger partial charge in [-0.3, -0.25) is 4.79 Å². The second kappa shape index (κ2) is 5.13. The molecule has 4 N–H and O–H groups in total. The molecule has 0 saturated heterocycles. The van der Waals surface area contributed by atoms with Crippen molar-refractivity contribution in [3.05, 3.63) is 35.0 Å². The Balaban J connectivity index is 1.97. The normalized spacial score (nSPS) is 15.9. The molecule has 1 atom stereocenters. The predicted octanol–water partition coefficient (Wildman–Crippen LogP) is 3.68. The number of rotatable bonds is 4. The van der Waals surface area contributed by atoms with Crippen LogP contribution in [0, 0.1) is 5.92 Å². The summed E-state index contributed by atoms with van der Waals surface area (Å²) in [4.78, 5) is 19.4. The number of hydrogen-bond donors (Lipinski definition) is 3. The molecular formula is C17H17ClN4O. The van der Waals surface area contributed by atoms with Gasteiger partial charge in [-0.1, -0.05) is 17.7 Å². The van der Waals surface area contributed by atoms with Crippen LogP contribution in [0.5, 0.6) is 0 Å². The van der Waals surface area contributed by atoms with E-state index in [1.54, 1.807) is 0 Å². The molecule has 0 aliphatic heterocycles. The van der Waals surface area contributed by atoms with Crippen LogP contribution in [0.25, 0.3) is 21.8 Å². The molecule has 1 aromatic carbocycles. The molecule has 4 rings (SSSR count). The van der Waals surface area contributed by atoms with Crippen molar-refractivity contribution in [2.75, 3.05) is 5.32 Å². The number of carbonyl (C=O) groups is 1. The molecular weight excluding hydrogens is 312 g/mol. The van der Waals surface area contributed by atoms with Crippen molar-refractivity contribution in [2.45, 2.75) is 25.8 Å². The lowest BCUT2D eigenvalue weighted by molar-refractivity contribution is 0.100. The minimum absolute atomic E-state index is 0.349. The van der Waals surface area contributed by atoms with Crippen LogP contribution in [0.3, 0.4) is 0 Å². The third kappa shape index (κ3) is 2.41. The van der Waals surface area contributed by atoms with Crippen LogP contribution >= 0.6 is 11.6 Å². The van der Waals surface area contributed by atoms with Crippen LogP contribution in [0.15, 0.2) is 24.4 Å². The van der Waals surface area contributed by atoms with Crippen LogP contribution in [-0.4, -0.2) is 21.9 Å². The number of benzene rings is 1. The predicted molar refractivity (Wildman–Crippen MR) is 92.9 cm³/mol. The van der Waals surface area contributed by atoms with Gasteiger partial charge >= 0.3 is 0 Å². The Morgan fingerprint density at radius 2 is 2.26 bits per heavy atom. The number of fused-ring (bicyclic) bond motifs is 3. The van der Waals surface area contributed by atoms with Gasteiger partial charge in [0, 0.05) is 28.2 Å². The molecule has 1 fully saturated rings. The lowest BCUT2D eigenvalue weighted by atomic mass is 10.1. The van der Waals surface area contributed by atoms with E-state index in [0.717, 1.165) is 22.1 Å². The first-order chi connectivity index (χ1) is 11.0. The first-order valence-electron chi connectivity index (χ1n) is 7.71. The second-order valence-electron chi connectivity index (χ2n) is 6.22. The van der Waals surface area contributed by atoms with E-state index in [0.29, 0.717) is 28.1 Å². The molecule has 0 bridgehead atoms. The minimum Gasteiger partial charge on any atom is -0.367 e. The van der Waals surface area contributed by atoms with Crippen molar-refractivity contribution in [3.63, 3.8) is 0 Å². The standard InChI is InChI=1S/C17H17ClN4O/c1-8(9-2-3-9)21-17-14-11-5-4-10(18)6-13(11)22-15(14)12(7-20-17)16(19)23/h4-9,22H,2-3H2,1H3,(H2,19,23)(H,20,21). The van der Waals surface area contributed by atoms with E-state index in [1.807, 2.05) is 18.2 Å². The van der Waals surface area contributed by atoms with Gasteiger partial charge in [-0.25, -0.2) is 4.98 Å². The highest BCUT2D eigenvalue weighted by atomic mass is 35.5. The Morgan fingerprint density at radius 1 is 1.48 bits per heavy atom. The molecule has 2 heterocycles. The highest BCUT2D eigenvalue weighted by Crippen LogP contribution is 2.37. The maximum Gasteiger partial charge on any atom is 0.252 e. The van der Waals surface area contributed by atoms with E-state index in [-0.39, 0.29) is 0 Å². The van der Waals surface area contributed by atoms with E-state index < -0.39 is 5.91 Å². The van der Waals surface area contributed by atoms with Crippen molar-refractivity contribution >= 4 is 45.1 Å². The largest absolute Gasteiger partial charge is 0.367 e.